The minimum absolute atomic E-state index is 0.0581. The molecule has 0 heterocycles. The van der Waals surface area contributed by atoms with Crippen molar-refractivity contribution in [3.05, 3.63) is 35.6 Å². The Hall–Kier alpha value is -0.930. The fourth-order valence-corrected chi connectivity index (χ4v) is 3.53. The molecule has 1 aromatic rings. The van der Waals surface area contributed by atoms with Crippen molar-refractivity contribution in [2.45, 2.75) is 56.6 Å². The van der Waals surface area contributed by atoms with Crippen molar-refractivity contribution < 1.29 is 9.50 Å². The van der Waals surface area contributed by atoms with Crippen molar-refractivity contribution in [3.63, 3.8) is 0 Å². The Morgan fingerprint density at radius 1 is 1.10 bits per heavy atom. The van der Waals surface area contributed by atoms with E-state index in [4.69, 9.17) is 0 Å². The number of hydrogen-bond acceptors (Lipinski definition) is 2. The first kappa shape index (κ1) is 14.0. The highest BCUT2D eigenvalue weighted by Gasteiger charge is 2.32. The van der Waals surface area contributed by atoms with Crippen LogP contribution in [-0.4, -0.2) is 23.8 Å². The van der Waals surface area contributed by atoms with Gasteiger partial charge in [0, 0.05) is 6.04 Å². The van der Waals surface area contributed by atoms with Gasteiger partial charge in [-0.05, 0) is 68.5 Å². The first-order valence-corrected chi connectivity index (χ1v) is 7.88. The Labute approximate surface area is 120 Å². The fraction of sp³-hybridized carbons (Fsp3) is 0.647. The highest BCUT2D eigenvalue weighted by molar-refractivity contribution is 5.24. The quantitative estimate of drug-likeness (QED) is 0.885. The summed E-state index contributed by atoms with van der Waals surface area (Å²) in [7, 11) is 0. The lowest BCUT2D eigenvalue weighted by Gasteiger charge is -2.38. The van der Waals surface area contributed by atoms with E-state index in [0.717, 1.165) is 50.6 Å². The molecule has 0 unspecified atom stereocenters. The molecule has 0 spiro atoms. The topological polar surface area (TPSA) is 32.3 Å². The molecule has 2 nitrogen and oxygen atoms in total. The van der Waals surface area contributed by atoms with Crippen LogP contribution in [0.2, 0.25) is 0 Å². The molecule has 0 aromatic heterocycles. The molecule has 0 saturated heterocycles. The van der Waals surface area contributed by atoms with Gasteiger partial charge in [-0.15, -0.1) is 0 Å². The molecule has 2 saturated carbocycles. The zero-order valence-electron chi connectivity index (χ0n) is 11.9. The van der Waals surface area contributed by atoms with Crippen LogP contribution in [0.15, 0.2) is 24.3 Å². The van der Waals surface area contributed by atoms with Gasteiger partial charge in [0.2, 0.25) is 0 Å². The Morgan fingerprint density at radius 3 is 2.50 bits per heavy atom. The van der Waals surface area contributed by atoms with Crippen LogP contribution in [0.25, 0.3) is 0 Å². The third-order valence-corrected chi connectivity index (χ3v) is 4.99. The number of benzene rings is 1. The monoisotopic (exact) mass is 277 g/mol. The summed E-state index contributed by atoms with van der Waals surface area (Å²) in [6, 6.07) is 7.70. The lowest BCUT2D eigenvalue weighted by Crippen LogP contribution is -2.43. The molecular formula is C17H24FNO. The summed E-state index contributed by atoms with van der Waals surface area (Å²) in [5.41, 5.74) is 0.881. The molecule has 0 amide bonds. The summed E-state index contributed by atoms with van der Waals surface area (Å²) in [5.74, 6) is 1.05. The molecule has 0 radical (unpaired) electrons. The zero-order valence-corrected chi connectivity index (χ0v) is 11.9. The van der Waals surface area contributed by atoms with E-state index in [1.807, 2.05) is 12.1 Å². The van der Waals surface area contributed by atoms with E-state index in [9.17, 15) is 9.50 Å². The van der Waals surface area contributed by atoms with Crippen LogP contribution in [-0.2, 0) is 0 Å². The van der Waals surface area contributed by atoms with Crippen molar-refractivity contribution in [1.82, 2.24) is 5.32 Å². The van der Waals surface area contributed by atoms with Gasteiger partial charge < -0.3 is 10.4 Å². The fourth-order valence-electron chi connectivity index (χ4n) is 3.53. The van der Waals surface area contributed by atoms with Gasteiger partial charge in [-0.25, -0.2) is 4.39 Å². The maximum Gasteiger partial charge on any atom is 0.126 e. The number of rotatable bonds is 4. The standard InChI is InChI=1S/C17H24FNO/c18-17-4-2-1-3-16(17)13-9-14(10-13)19-11-12-5-7-15(20)8-6-12/h1-4,12-15,19-20H,5-11H2. The van der Waals surface area contributed by atoms with Crippen LogP contribution in [0.3, 0.4) is 0 Å². The Balaban J connectivity index is 1.39. The molecular weight excluding hydrogens is 253 g/mol. The number of nitrogens with one attached hydrogen (secondary N) is 1. The second kappa shape index (κ2) is 6.23. The van der Waals surface area contributed by atoms with Crippen LogP contribution < -0.4 is 5.32 Å². The van der Waals surface area contributed by atoms with Crippen molar-refractivity contribution >= 4 is 0 Å². The highest BCUT2D eigenvalue weighted by atomic mass is 19.1. The summed E-state index contributed by atoms with van der Waals surface area (Å²) >= 11 is 0. The van der Waals surface area contributed by atoms with E-state index in [1.165, 1.54) is 0 Å². The van der Waals surface area contributed by atoms with Gasteiger partial charge in [0.25, 0.3) is 0 Å². The van der Waals surface area contributed by atoms with E-state index in [2.05, 4.69) is 5.32 Å². The molecule has 2 fully saturated rings. The summed E-state index contributed by atoms with van der Waals surface area (Å²) < 4.78 is 13.7. The van der Waals surface area contributed by atoms with Crippen molar-refractivity contribution in [1.29, 1.82) is 0 Å². The van der Waals surface area contributed by atoms with Crippen molar-refractivity contribution in [2.75, 3.05) is 6.54 Å². The second-order valence-corrected chi connectivity index (χ2v) is 6.47. The summed E-state index contributed by atoms with van der Waals surface area (Å²) in [4.78, 5) is 0. The van der Waals surface area contributed by atoms with Crippen LogP contribution in [0, 0.1) is 11.7 Å². The molecule has 1 aromatic carbocycles. The maximum absolute atomic E-state index is 13.7. The molecule has 2 N–H and O–H groups in total. The van der Waals surface area contributed by atoms with Gasteiger partial charge in [0.1, 0.15) is 5.82 Å². The molecule has 0 aliphatic heterocycles. The zero-order chi connectivity index (χ0) is 13.9. The van der Waals surface area contributed by atoms with E-state index < -0.39 is 0 Å². The first-order chi connectivity index (χ1) is 9.72. The number of aliphatic hydroxyl groups excluding tert-OH is 1. The summed E-state index contributed by atoms with van der Waals surface area (Å²) in [6.45, 7) is 1.06. The maximum atomic E-state index is 13.7. The minimum atomic E-state index is -0.0691. The van der Waals surface area contributed by atoms with Crippen LogP contribution in [0.5, 0.6) is 0 Å². The second-order valence-electron chi connectivity index (χ2n) is 6.47. The average Bonchev–Trinajstić information content (AvgIpc) is 2.41. The normalized spacial score (nSPS) is 33.7. The summed E-state index contributed by atoms with van der Waals surface area (Å²) in [5, 5.41) is 13.1. The van der Waals surface area contributed by atoms with Gasteiger partial charge >= 0.3 is 0 Å². The lowest BCUT2D eigenvalue weighted by molar-refractivity contribution is 0.106. The van der Waals surface area contributed by atoms with Crippen molar-refractivity contribution in [2.24, 2.45) is 5.92 Å². The Bertz CT molecular complexity index is 436. The number of aliphatic hydroxyl groups is 1. The molecule has 20 heavy (non-hydrogen) atoms. The van der Waals surface area contributed by atoms with Crippen LogP contribution in [0.4, 0.5) is 4.39 Å². The van der Waals surface area contributed by atoms with E-state index in [-0.39, 0.29) is 11.9 Å². The lowest BCUT2D eigenvalue weighted by atomic mass is 9.75. The summed E-state index contributed by atoms with van der Waals surface area (Å²) in [6.07, 6.45) is 6.21. The predicted octanol–water partition coefficient (Wildman–Crippen LogP) is 3.21. The third kappa shape index (κ3) is 3.21. The molecule has 2 aliphatic rings. The van der Waals surface area contributed by atoms with Crippen molar-refractivity contribution in [3.8, 4) is 0 Å². The van der Waals surface area contributed by atoms with E-state index >= 15 is 0 Å². The molecule has 2 aliphatic carbocycles. The number of halogens is 1. The largest absolute Gasteiger partial charge is 0.393 e. The molecule has 0 atom stereocenters. The van der Waals surface area contributed by atoms with E-state index in [0.29, 0.717) is 17.9 Å². The number of hydrogen-bond donors (Lipinski definition) is 2. The molecule has 0 bridgehead atoms. The van der Waals surface area contributed by atoms with Gasteiger partial charge in [-0.1, -0.05) is 18.2 Å². The first-order valence-electron chi connectivity index (χ1n) is 7.88. The third-order valence-electron chi connectivity index (χ3n) is 4.99. The van der Waals surface area contributed by atoms with Crippen LogP contribution in [0.1, 0.15) is 50.0 Å². The molecule has 3 heteroatoms. The SMILES string of the molecule is OC1CCC(CNC2CC(c3ccccc3F)C2)CC1. The van der Waals surface area contributed by atoms with Gasteiger partial charge in [0.15, 0.2) is 0 Å². The van der Waals surface area contributed by atoms with Crippen LogP contribution >= 0.6 is 0 Å². The van der Waals surface area contributed by atoms with Gasteiger partial charge in [-0.2, -0.15) is 0 Å². The highest BCUT2D eigenvalue weighted by Crippen LogP contribution is 2.38. The molecule has 3 rings (SSSR count). The predicted molar refractivity (Wildman–Crippen MR) is 78.1 cm³/mol. The van der Waals surface area contributed by atoms with Gasteiger partial charge in [0.05, 0.1) is 6.10 Å². The van der Waals surface area contributed by atoms with E-state index in [1.54, 1.807) is 12.1 Å². The minimum Gasteiger partial charge on any atom is -0.393 e. The molecule has 110 valence electrons. The van der Waals surface area contributed by atoms with Gasteiger partial charge in [-0.3, -0.25) is 0 Å². The Morgan fingerprint density at radius 2 is 1.80 bits per heavy atom. The smallest absolute Gasteiger partial charge is 0.126 e. The Kier molecular flexibility index (Phi) is 4.37. The average molecular weight is 277 g/mol.